The molecule has 2 aromatic carbocycles. The number of carbonyl (C=O) groups is 2. The Balaban J connectivity index is 1.73. The second kappa shape index (κ2) is 7.49. The molecule has 7 heteroatoms. The van der Waals surface area contributed by atoms with Crippen molar-refractivity contribution in [1.29, 1.82) is 0 Å². The minimum Gasteiger partial charge on any atom is -0.497 e. The number of furan rings is 1. The van der Waals surface area contributed by atoms with Crippen LogP contribution in [0.5, 0.6) is 11.5 Å². The highest BCUT2D eigenvalue weighted by Crippen LogP contribution is 2.25. The third-order valence-corrected chi connectivity index (χ3v) is 3.96. The van der Waals surface area contributed by atoms with Gasteiger partial charge in [-0.25, -0.2) is 4.79 Å². The number of ether oxygens (including phenoxy) is 3. The maximum absolute atomic E-state index is 12.4. The number of rotatable bonds is 6. The number of ketones is 1. The van der Waals surface area contributed by atoms with Gasteiger partial charge >= 0.3 is 5.97 Å². The topological polar surface area (TPSA) is 75.0 Å². The predicted molar refractivity (Wildman–Crippen MR) is 95.4 cm³/mol. The molecule has 0 N–H and O–H groups in total. The zero-order chi connectivity index (χ0) is 18.7. The second-order valence-electron chi connectivity index (χ2n) is 5.36. The van der Waals surface area contributed by atoms with E-state index in [4.69, 9.17) is 30.2 Å². The fourth-order valence-electron chi connectivity index (χ4n) is 2.43. The van der Waals surface area contributed by atoms with Crippen molar-refractivity contribution >= 4 is 34.3 Å². The van der Waals surface area contributed by atoms with Gasteiger partial charge in [-0.1, -0.05) is 11.6 Å². The number of methoxy groups -OCH3 is 2. The molecule has 134 valence electrons. The maximum Gasteiger partial charge on any atom is 0.374 e. The van der Waals surface area contributed by atoms with Crippen LogP contribution < -0.4 is 9.47 Å². The smallest absolute Gasteiger partial charge is 0.374 e. The number of esters is 1. The molecule has 0 aliphatic rings. The summed E-state index contributed by atoms with van der Waals surface area (Å²) >= 11 is 5.91. The van der Waals surface area contributed by atoms with Crippen molar-refractivity contribution in [2.45, 2.75) is 0 Å². The van der Waals surface area contributed by atoms with Gasteiger partial charge in [0.2, 0.25) is 11.5 Å². The maximum atomic E-state index is 12.4. The van der Waals surface area contributed by atoms with Crippen LogP contribution in [0.1, 0.15) is 20.9 Å². The van der Waals surface area contributed by atoms with Crippen molar-refractivity contribution in [2.24, 2.45) is 0 Å². The number of fused-ring (bicyclic) bond motifs is 1. The highest BCUT2D eigenvalue weighted by atomic mass is 35.5. The summed E-state index contributed by atoms with van der Waals surface area (Å²) in [6, 6.07) is 11.3. The highest BCUT2D eigenvalue weighted by molar-refractivity contribution is 6.31. The first-order valence-electron chi connectivity index (χ1n) is 7.63. The van der Waals surface area contributed by atoms with E-state index < -0.39 is 18.4 Å². The van der Waals surface area contributed by atoms with Gasteiger partial charge < -0.3 is 18.6 Å². The molecule has 0 aliphatic heterocycles. The van der Waals surface area contributed by atoms with Crippen LogP contribution in [-0.2, 0) is 4.74 Å². The minimum atomic E-state index is -0.743. The molecule has 0 radical (unpaired) electrons. The van der Waals surface area contributed by atoms with Gasteiger partial charge in [0.1, 0.15) is 17.1 Å². The molecule has 3 rings (SSSR count). The second-order valence-corrected chi connectivity index (χ2v) is 5.79. The molecular formula is C19H15ClO6. The first-order chi connectivity index (χ1) is 12.5. The van der Waals surface area contributed by atoms with Crippen molar-refractivity contribution in [3.05, 3.63) is 58.8 Å². The molecule has 26 heavy (non-hydrogen) atoms. The van der Waals surface area contributed by atoms with E-state index in [0.29, 0.717) is 27.5 Å². The monoisotopic (exact) mass is 374 g/mol. The summed E-state index contributed by atoms with van der Waals surface area (Å²) in [6.07, 6.45) is 0. The third kappa shape index (κ3) is 3.65. The largest absolute Gasteiger partial charge is 0.497 e. The Morgan fingerprint density at radius 3 is 2.58 bits per heavy atom. The summed E-state index contributed by atoms with van der Waals surface area (Å²) < 4.78 is 20.7. The van der Waals surface area contributed by atoms with Gasteiger partial charge in [-0.15, -0.1) is 0 Å². The van der Waals surface area contributed by atoms with Gasteiger partial charge in [-0.3, -0.25) is 4.79 Å². The van der Waals surface area contributed by atoms with Crippen LogP contribution in [0.15, 0.2) is 46.9 Å². The number of halogens is 1. The standard InChI is InChI=1S/C19H15ClO6/c1-23-13-4-6-17(24-2)14(9-13)15(21)10-25-19(22)18-8-11-7-12(20)3-5-16(11)26-18/h3-9H,10H2,1-2H3. The fraction of sp³-hybridized carbons (Fsp3) is 0.158. The normalized spacial score (nSPS) is 10.6. The van der Waals surface area contributed by atoms with Crippen molar-refractivity contribution in [3.8, 4) is 11.5 Å². The summed E-state index contributed by atoms with van der Waals surface area (Å²) in [7, 11) is 2.94. The number of Topliss-reactive ketones (excluding diaryl/α,β-unsaturated/α-hetero) is 1. The molecule has 0 saturated heterocycles. The molecule has 0 spiro atoms. The Bertz CT molecular complexity index is 975. The van der Waals surface area contributed by atoms with Gasteiger partial charge in [0, 0.05) is 10.4 Å². The summed E-state index contributed by atoms with van der Waals surface area (Å²) in [6.45, 7) is -0.458. The zero-order valence-electron chi connectivity index (χ0n) is 14.1. The molecule has 1 heterocycles. The predicted octanol–water partition coefficient (Wildman–Crippen LogP) is 4.14. The molecule has 0 fully saturated rings. The van der Waals surface area contributed by atoms with Crippen LogP contribution in [-0.4, -0.2) is 32.6 Å². The van der Waals surface area contributed by atoms with Crippen molar-refractivity contribution in [1.82, 2.24) is 0 Å². The molecule has 0 aliphatic carbocycles. The van der Waals surface area contributed by atoms with E-state index in [1.165, 1.54) is 26.4 Å². The van der Waals surface area contributed by atoms with E-state index in [9.17, 15) is 9.59 Å². The van der Waals surface area contributed by atoms with Crippen LogP contribution in [0.25, 0.3) is 11.0 Å². The average molecular weight is 375 g/mol. The fourth-order valence-corrected chi connectivity index (χ4v) is 2.61. The van der Waals surface area contributed by atoms with Gasteiger partial charge in [-0.2, -0.15) is 0 Å². The Hall–Kier alpha value is -2.99. The third-order valence-electron chi connectivity index (χ3n) is 3.72. The molecule has 0 atom stereocenters. The van der Waals surface area contributed by atoms with Crippen LogP contribution >= 0.6 is 11.6 Å². The molecule has 0 amide bonds. The average Bonchev–Trinajstić information content (AvgIpc) is 3.08. The van der Waals surface area contributed by atoms with E-state index in [-0.39, 0.29) is 11.3 Å². The van der Waals surface area contributed by atoms with Crippen LogP contribution in [0.4, 0.5) is 0 Å². The lowest BCUT2D eigenvalue weighted by Gasteiger charge is -2.09. The van der Waals surface area contributed by atoms with E-state index in [0.717, 1.165) is 0 Å². The van der Waals surface area contributed by atoms with Crippen LogP contribution in [0.2, 0.25) is 5.02 Å². The highest BCUT2D eigenvalue weighted by Gasteiger charge is 2.19. The molecule has 0 unspecified atom stereocenters. The number of benzene rings is 2. The van der Waals surface area contributed by atoms with E-state index in [1.807, 2.05) is 0 Å². The van der Waals surface area contributed by atoms with Crippen molar-refractivity contribution in [3.63, 3.8) is 0 Å². The lowest BCUT2D eigenvalue weighted by Crippen LogP contribution is -2.14. The van der Waals surface area contributed by atoms with Crippen LogP contribution in [0, 0.1) is 0 Å². The van der Waals surface area contributed by atoms with Gasteiger partial charge in [0.25, 0.3) is 0 Å². The zero-order valence-corrected chi connectivity index (χ0v) is 14.8. The number of carbonyl (C=O) groups excluding carboxylic acids is 2. The summed E-state index contributed by atoms with van der Waals surface area (Å²) in [5.74, 6) is -0.312. The molecule has 0 bridgehead atoms. The number of hydrogen-bond acceptors (Lipinski definition) is 6. The molecule has 6 nitrogen and oxygen atoms in total. The lowest BCUT2D eigenvalue weighted by atomic mass is 10.1. The lowest BCUT2D eigenvalue weighted by molar-refractivity contribution is 0.0445. The molecule has 0 saturated carbocycles. The van der Waals surface area contributed by atoms with E-state index in [2.05, 4.69) is 0 Å². The van der Waals surface area contributed by atoms with E-state index in [1.54, 1.807) is 30.3 Å². The first kappa shape index (κ1) is 17.8. The SMILES string of the molecule is COc1ccc(OC)c(C(=O)COC(=O)c2cc3cc(Cl)ccc3o2)c1. The quantitative estimate of drug-likeness (QED) is 0.476. The van der Waals surface area contributed by atoms with Gasteiger partial charge in [0.15, 0.2) is 6.61 Å². The minimum absolute atomic E-state index is 0.00678. The summed E-state index contributed by atoms with van der Waals surface area (Å²) in [4.78, 5) is 24.5. The Morgan fingerprint density at radius 1 is 1.04 bits per heavy atom. The van der Waals surface area contributed by atoms with Crippen LogP contribution in [0.3, 0.4) is 0 Å². The first-order valence-corrected chi connectivity index (χ1v) is 8.01. The molecule has 1 aromatic heterocycles. The van der Waals surface area contributed by atoms with Gasteiger partial charge in [-0.05, 0) is 42.5 Å². The Kier molecular flexibility index (Phi) is 5.14. The Labute approximate surface area is 154 Å². The molecular weight excluding hydrogens is 360 g/mol. The van der Waals surface area contributed by atoms with Gasteiger partial charge in [0.05, 0.1) is 19.8 Å². The Morgan fingerprint density at radius 2 is 1.85 bits per heavy atom. The number of hydrogen-bond donors (Lipinski definition) is 0. The van der Waals surface area contributed by atoms with E-state index >= 15 is 0 Å². The van der Waals surface area contributed by atoms with Crippen molar-refractivity contribution in [2.75, 3.05) is 20.8 Å². The summed E-state index contributed by atoms with van der Waals surface area (Å²) in [5, 5.41) is 1.20. The summed E-state index contributed by atoms with van der Waals surface area (Å²) in [5.41, 5.74) is 0.762. The molecule has 3 aromatic rings. The van der Waals surface area contributed by atoms with Crippen molar-refractivity contribution < 1.29 is 28.2 Å².